The van der Waals surface area contributed by atoms with Crippen LogP contribution < -0.4 is 4.31 Å². The summed E-state index contributed by atoms with van der Waals surface area (Å²) in [7, 11) is -3.84. The molecule has 1 heterocycles. The average molecular weight is 507 g/mol. The molecule has 36 heavy (non-hydrogen) atoms. The molecule has 1 aliphatic heterocycles. The van der Waals surface area contributed by atoms with Crippen molar-refractivity contribution >= 4 is 15.7 Å². The molecule has 2 atom stereocenters. The van der Waals surface area contributed by atoms with E-state index in [1.807, 2.05) is 31.2 Å². The van der Waals surface area contributed by atoms with Gasteiger partial charge in [-0.15, -0.1) is 0 Å². The first-order valence-electron chi connectivity index (χ1n) is 13.1. The van der Waals surface area contributed by atoms with Gasteiger partial charge in [-0.05, 0) is 80.0 Å². The van der Waals surface area contributed by atoms with Crippen LogP contribution in [0, 0.1) is 12.7 Å². The fourth-order valence-electron chi connectivity index (χ4n) is 6.14. The van der Waals surface area contributed by atoms with Crippen LogP contribution in [-0.2, 0) is 10.0 Å². The molecule has 190 valence electrons. The van der Waals surface area contributed by atoms with Gasteiger partial charge in [0.15, 0.2) is 0 Å². The smallest absolute Gasteiger partial charge is 0.264 e. The topological polar surface area (TPSA) is 40.6 Å². The number of likely N-dealkylation sites (tertiary alicyclic amines) is 1. The van der Waals surface area contributed by atoms with Gasteiger partial charge in [-0.25, -0.2) is 12.8 Å². The van der Waals surface area contributed by atoms with Crippen molar-refractivity contribution in [1.29, 1.82) is 0 Å². The van der Waals surface area contributed by atoms with E-state index in [2.05, 4.69) is 35.2 Å². The van der Waals surface area contributed by atoms with Crippen LogP contribution in [0.3, 0.4) is 0 Å². The Labute approximate surface area is 214 Å². The standard InChI is InChI=1S/C30H35FN2O2S/c1-23-9-5-7-13-29(23)33(36(34,35)27-17-15-25(31)16-18-27)26-19-21-32(22-20-26)30-14-8-6-12-28(30)24-10-3-2-4-11-24/h2-5,7,9-11,13,15-18,26,28,30H,6,8,12,14,19-22H2,1H3. The molecule has 0 radical (unpaired) electrons. The molecule has 1 saturated heterocycles. The number of nitrogens with zero attached hydrogens (tertiary/aromatic N) is 2. The van der Waals surface area contributed by atoms with E-state index in [9.17, 15) is 12.8 Å². The van der Waals surface area contributed by atoms with E-state index in [1.165, 1.54) is 55.5 Å². The zero-order chi connectivity index (χ0) is 25.1. The summed E-state index contributed by atoms with van der Waals surface area (Å²) in [6.07, 6.45) is 6.47. The maximum absolute atomic E-state index is 13.9. The van der Waals surface area contributed by atoms with E-state index in [4.69, 9.17) is 0 Å². The number of sulfonamides is 1. The molecule has 4 nitrogen and oxygen atoms in total. The number of hydrogen-bond donors (Lipinski definition) is 0. The molecule has 2 unspecified atom stereocenters. The Hall–Kier alpha value is -2.70. The highest BCUT2D eigenvalue weighted by molar-refractivity contribution is 7.92. The van der Waals surface area contributed by atoms with Crippen LogP contribution in [0.25, 0.3) is 0 Å². The second kappa shape index (κ2) is 10.7. The molecule has 2 aliphatic rings. The molecule has 6 heteroatoms. The quantitative estimate of drug-likeness (QED) is 0.382. The summed E-state index contributed by atoms with van der Waals surface area (Å²) in [5.41, 5.74) is 3.05. The van der Waals surface area contributed by atoms with Crippen LogP contribution in [0.2, 0.25) is 0 Å². The van der Waals surface area contributed by atoms with Gasteiger partial charge in [-0.3, -0.25) is 9.21 Å². The first-order valence-corrected chi connectivity index (χ1v) is 14.5. The molecular weight excluding hydrogens is 471 g/mol. The van der Waals surface area contributed by atoms with Crippen molar-refractivity contribution in [3.8, 4) is 0 Å². The zero-order valence-electron chi connectivity index (χ0n) is 20.9. The van der Waals surface area contributed by atoms with Crippen LogP contribution in [-0.4, -0.2) is 38.5 Å². The van der Waals surface area contributed by atoms with Crippen LogP contribution in [0.4, 0.5) is 10.1 Å². The number of benzene rings is 3. The predicted molar refractivity (Wildman–Crippen MR) is 143 cm³/mol. The van der Waals surface area contributed by atoms with E-state index in [0.717, 1.165) is 31.5 Å². The van der Waals surface area contributed by atoms with Crippen molar-refractivity contribution < 1.29 is 12.8 Å². The summed E-state index contributed by atoms with van der Waals surface area (Å²) in [6, 6.07) is 24.0. The third kappa shape index (κ3) is 5.07. The lowest BCUT2D eigenvalue weighted by Crippen LogP contribution is -2.51. The van der Waals surface area contributed by atoms with Gasteiger partial charge in [-0.1, -0.05) is 61.4 Å². The number of anilines is 1. The Morgan fingerprint density at radius 3 is 2.14 bits per heavy atom. The monoisotopic (exact) mass is 506 g/mol. The van der Waals surface area contributed by atoms with Crippen LogP contribution in [0.1, 0.15) is 55.6 Å². The normalized spacial score (nSPS) is 21.8. The minimum atomic E-state index is -3.84. The Morgan fingerprint density at radius 2 is 1.44 bits per heavy atom. The minimum absolute atomic E-state index is 0.131. The third-order valence-corrected chi connectivity index (χ3v) is 9.86. The number of halogens is 1. The third-order valence-electron chi connectivity index (χ3n) is 7.98. The van der Waals surface area contributed by atoms with E-state index in [0.29, 0.717) is 17.6 Å². The average Bonchev–Trinajstić information content (AvgIpc) is 2.91. The first kappa shape index (κ1) is 25.0. The van der Waals surface area contributed by atoms with Gasteiger partial charge in [0, 0.05) is 25.2 Å². The second-order valence-electron chi connectivity index (χ2n) is 10.2. The summed E-state index contributed by atoms with van der Waals surface area (Å²) in [6.45, 7) is 3.70. The summed E-state index contributed by atoms with van der Waals surface area (Å²) >= 11 is 0. The van der Waals surface area contributed by atoms with Gasteiger partial charge in [0.05, 0.1) is 10.6 Å². The molecule has 2 fully saturated rings. The van der Waals surface area contributed by atoms with Crippen molar-refractivity contribution in [2.75, 3.05) is 17.4 Å². The number of aryl methyl sites for hydroxylation is 1. The highest BCUT2D eigenvalue weighted by Gasteiger charge is 2.38. The van der Waals surface area contributed by atoms with Gasteiger partial charge in [0.25, 0.3) is 10.0 Å². The van der Waals surface area contributed by atoms with Gasteiger partial charge >= 0.3 is 0 Å². The van der Waals surface area contributed by atoms with Gasteiger partial charge in [0.2, 0.25) is 0 Å². The molecule has 0 bridgehead atoms. The molecule has 1 aliphatic carbocycles. The van der Waals surface area contributed by atoms with Crippen LogP contribution in [0.15, 0.2) is 83.8 Å². The summed E-state index contributed by atoms with van der Waals surface area (Å²) < 4.78 is 43.0. The van der Waals surface area contributed by atoms with Gasteiger partial charge in [-0.2, -0.15) is 0 Å². The van der Waals surface area contributed by atoms with E-state index >= 15 is 0 Å². The Morgan fingerprint density at radius 1 is 0.806 bits per heavy atom. The second-order valence-corrected chi connectivity index (χ2v) is 12.0. The van der Waals surface area contributed by atoms with Crippen LogP contribution in [0.5, 0.6) is 0 Å². The minimum Gasteiger partial charge on any atom is -0.300 e. The Bertz CT molecular complexity index is 1260. The van der Waals surface area contributed by atoms with Crippen molar-refractivity contribution in [2.45, 2.75) is 68.3 Å². The Balaban J connectivity index is 1.40. The fraction of sp³-hybridized carbons (Fsp3) is 0.400. The fourth-order valence-corrected chi connectivity index (χ4v) is 7.92. The largest absolute Gasteiger partial charge is 0.300 e. The summed E-state index contributed by atoms with van der Waals surface area (Å²) in [5.74, 6) is 0.0945. The summed E-state index contributed by atoms with van der Waals surface area (Å²) in [4.78, 5) is 2.74. The molecule has 0 aromatic heterocycles. The molecule has 3 aromatic carbocycles. The maximum Gasteiger partial charge on any atom is 0.264 e. The predicted octanol–water partition coefficient (Wildman–Crippen LogP) is 6.52. The van der Waals surface area contributed by atoms with Crippen molar-refractivity contribution in [3.63, 3.8) is 0 Å². The van der Waals surface area contributed by atoms with Crippen molar-refractivity contribution in [2.24, 2.45) is 0 Å². The van der Waals surface area contributed by atoms with Crippen molar-refractivity contribution in [3.05, 3.63) is 95.8 Å². The van der Waals surface area contributed by atoms with E-state index in [-0.39, 0.29) is 10.9 Å². The van der Waals surface area contributed by atoms with Gasteiger partial charge in [0.1, 0.15) is 5.82 Å². The molecule has 0 N–H and O–H groups in total. The molecule has 0 spiro atoms. The highest BCUT2D eigenvalue weighted by Crippen LogP contribution is 2.39. The lowest BCUT2D eigenvalue weighted by atomic mass is 9.78. The highest BCUT2D eigenvalue weighted by atomic mass is 32.2. The lowest BCUT2D eigenvalue weighted by Gasteiger charge is -2.45. The van der Waals surface area contributed by atoms with Crippen LogP contribution >= 0.6 is 0 Å². The lowest BCUT2D eigenvalue weighted by molar-refractivity contribution is 0.107. The van der Waals surface area contributed by atoms with Gasteiger partial charge < -0.3 is 0 Å². The maximum atomic E-state index is 13.9. The molecule has 5 rings (SSSR count). The number of rotatable bonds is 6. The zero-order valence-corrected chi connectivity index (χ0v) is 21.7. The molecule has 0 amide bonds. The number of para-hydroxylation sites is 1. The Kier molecular flexibility index (Phi) is 7.44. The number of hydrogen-bond acceptors (Lipinski definition) is 3. The molecule has 3 aromatic rings. The van der Waals surface area contributed by atoms with Crippen molar-refractivity contribution in [1.82, 2.24) is 4.90 Å². The SMILES string of the molecule is Cc1ccccc1N(C1CCN(C2CCCCC2c2ccccc2)CC1)S(=O)(=O)c1ccc(F)cc1. The molecule has 1 saturated carbocycles. The first-order chi connectivity index (χ1) is 17.4. The summed E-state index contributed by atoms with van der Waals surface area (Å²) in [5, 5.41) is 0. The van der Waals surface area contributed by atoms with E-state index in [1.54, 1.807) is 4.31 Å². The number of piperidine rings is 1. The van der Waals surface area contributed by atoms with E-state index < -0.39 is 15.8 Å². The molecular formula is C30H35FN2O2S.